The minimum atomic E-state index is -2.17. The number of ketones is 1. The Morgan fingerprint density at radius 2 is 1.62 bits per heavy atom. The zero-order valence-electron chi connectivity index (χ0n) is 27.9. The summed E-state index contributed by atoms with van der Waals surface area (Å²) in [5.41, 5.74) is -7.08. The van der Waals surface area contributed by atoms with Gasteiger partial charge in [0.25, 0.3) is 0 Å². The van der Waals surface area contributed by atoms with Gasteiger partial charge in [-0.2, -0.15) is 0 Å². The predicted octanol–water partition coefficient (Wildman–Crippen LogP) is -0.176. The average Bonchev–Trinajstić information content (AvgIpc) is 3.48. The van der Waals surface area contributed by atoms with Gasteiger partial charge < -0.3 is 45.1 Å². The standard InChI is InChI=1S/C32H47NO12.2Ac/c1-14-18(45-28(40)24(38)22(33-15(2)34)17-9-7-8-10-17)12-32(42)27(44-16(3)35)25-30(6,19(36)11-20-31(25,41)13-43-20)26(39)23(37)21(14)29(32,4)5;;/h17-20,22-25,27,36-38,41-42H,7-13H2,1-6H3,(H,33,34);;/t18?,19-,20+,22-,23+,24+,25-,27-,30+,31-,32+;;/m0../s1. The minimum absolute atomic E-state index is 0. The smallest absolute Gasteiger partial charge is 0.337 e. The van der Waals surface area contributed by atoms with Crippen LogP contribution in [0.3, 0.4) is 0 Å². The molecule has 5 rings (SSSR count). The monoisotopic (exact) mass is 1090 g/mol. The fourth-order valence-corrected chi connectivity index (χ4v) is 9.16. The number of ether oxygens (including phenoxy) is 3. The first kappa shape index (κ1) is 41.9. The molecular formula is C32H47Ac2NO12. The molecular weight excluding hydrogens is 1040 g/mol. The van der Waals surface area contributed by atoms with Crippen molar-refractivity contribution in [2.24, 2.45) is 22.7 Å². The van der Waals surface area contributed by atoms with Crippen molar-refractivity contribution in [3.63, 3.8) is 0 Å². The van der Waals surface area contributed by atoms with E-state index in [1.165, 1.54) is 13.8 Å². The van der Waals surface area contributed by atoms with E-state index in [9.17, 15) is 44.7 Å². The summed E-state index contributed by atoms with van der Waals surface area (Å²) >= 11 is 0. The first-order chi connectivity index (χ1) is 20.8. The molecule has 15 heteroatoms. The van der Waals surface area contributed by atoms with Crippen LogP contribution in [0.2, 0.25) is 0 Å². The molecule has 2 radical (unpaired) electrons. The van der Waals surface area contributed by atoms with Gasteiger partial charge in [-0.15, -0.1) is 0 Å². The van der Waals surface area contributed by atoms with Crippen LogP contribution in [-0.2, 0) is 33.4 Å². The molecule has 4 aliphatic carbocycles. The van der Waals surface area contributed by atoms with E-state index in [4.69, 9.17) is 14.2 Å². The third-order valence-electron chi connectivity index (χ3n) is 11.8. The number of aliphatic hydroxyl groups excluding tert-OH is 3. The van der Waals surface area contributed by atoms with E-state index < -0.39 is 101 Å². The first-order valence-corrected chi connectivity index (χ1v) is 15.8. The van der Waals surface area contributed by atoms with Crippen LogP contribution in [0.5, 0.6) is 0 Å². The fraction of sp³-hybridized carbons (Fsp3) is 0.812. The van der Waals surface area contributed by atoms with Crippen LogP contribution in [0.15, 0.2) is 11.1 Å². The largest absolute Gasteiger partial charge is 0.459 e. The molecule has 0 aromatic heterocycles. The van der Waals surface area contributed by atoms with Crippen molar-refractivity contribution in [3.8, 4) is 0 Å². The van der Waals surface area contributed by atoms with E-state index in [1.807, 2.05) is 0 Å². The number of rotatable bonds is 6. The van der Waals surface area contributed by atoms with Crippen LogP contribution in [-0.4, -0.2) is 110 Å². The Morgan fingerprint density at radius 3 is 2.13 bits per heavy atom. The number of aliphatic hydroxyl groups is 5. The summed E-state index contributed by atoms with van der Waals surface area (Å²) in [4.78, 5) is 52.5. The van der Waals surface area contributed by atoms with Crippen molar-refractivity contribution >= 4 is 23.6 Å². The number of fused-ring (bicyclic) bond motifs is 5. The number of amides is 1. The zero-order valence-corrected chi connectivity index (χ0v) is 37.4. The molecule has 47 heavy (non-hydrogen) atoms. The van der Waals surface area contributed by atoms with Crippen molar-refractivity contribution in [1.29, 1.82) is 0 Å². The molecule has 0 spiro atoms. The maximum Gasteiger partial charge on any atom is 0.337 e. The van der Waals surface area contributed by atoms with Gasteiger partial charge in [0.1, 0.15) is 29.5 Å². The Morgan fingerprint density at radius 1 is 1.02 bits per heavy atom. The minimum Gasteiger partial charge on any atom is -0.459 e. The Labute approximate surface area is 346 Å². The van der Waals surface area contributed by atoms with E-state index in [1.54, 1.807) is 20.8 Å². The van der Waals surface area contributed by atoms with Crippen LogP contribution in [0.25, 0.3) is 0 Å². The number of esters is 2. The Balaban J connectivity index is 0.00000300. The van der Waals surface area contributed by atoms with Gasteiger partial charge in [-0.05, 0) is 43.8 Å². The van der Waals surface area contributed by atoms with Crippen molar-refractivity contribution in [2.45, 2.75) is 134 Å². The normalized spacial score (nSPS) is 40.4. The van der Waals surface area contributed by atoms with E-state index >= 15 is 0 Å². The Kier molecular flexibility index (Phi) is 13.2. The van der Waals surface area contributed by atoms with Crippen LogP contribution in [0.4, 0.5) is 0 Å². The summed E-state index contributed by atoms with van der Waals surface area (Å²) in [5.74, 6) is -4.74. The number of nitrogens with one attached hydrogen (secondary N) is 1. The average molecular weight is 1090 g/mol. The van der Waals surface area contributed by atoms with E-state index in [0.29, 0.717) is 12.8 Å². The van der Waals surface area contributed by atoms with Gasteiger partial charge in [0, 0.05) is 126 Å². The third-order valence-corrected chi connectivity index (χ3v) is 11.8. The molecule has 0 aromatic carbocycles. The first-order valence-electron chi connectivity index (χ1n) is 15.8. The van der Waals surface area contributed by atoms with Crippen molar-refractivity contribution in [1.82, 2.24) is 5.32 Å². The van der Waals surface area contributed by atoms with E-state index in [0.717, 1.165) is 19.8 Å². The zero-order chi connectivity index (χ0) is 33.4. The molecule has 3 saturated carbocycles. The molecule has 2 bridgehead atoms. The predicted molar refractivity (Wildman–Crippen MR) is 155 cm³/mol. The maximum atomic E-state index is 14.3. The number of Topliss-reactive ketones (excluding diaryl/α,β-unsaturated/α-hetero) is 1. The van der Waals surface area contributed by atoms with Crippen LogP contribution in [0, 0.1) is 111 Å². The molecule has 11 atom stereocenters. The Bertz CT molecular complexity index is 1300. The van der Waals surface area contributed by atoms with Crippen molar-refractivity contribution < 1.29 is 147 Å². The molecule has 13 nitrogen and oxygen atoms in total. The Hall–Kier alpha value is 0.463. The molecule has 1 unspecified atom stereocenters. The summed E-state index contributed by atoms with van der Waals surface area (Å²) in [5, 5.41) is 61.7. The fourth-order valence-electron chi connectivity index (χ4n) is 9.16. The summed E-state index contributed by atoms with van der Waals surface area (Å²) in [6.07, 6.45) is -6.27. The van der Waals surface area contributed by atoms with Crippen molar-refractivity contribution in [2.75, 3.05) is 6.61 Å². The molecule has 0 aromatic rings. The molecule has 1 saturated heterocycles. The second kappa shape index (κ2) is 14.8. The van der Waals surface area contributed by atoms with Crippen LogP contribution in [0.1, 0.15) is 80.1 Å². The second-order valence-corrected chi connectivity index (χ2v) is 14.6. The van der Waals surface area contributed by atoms with Crippen LogP contribution >= 0.6 is 0 Å². The summed E-state index contributed by atoms with van der Waals surface area (Å²) < 4.78 is 17.2. The number of carbonyl (C=O) groups excluding carboxylic acids is 4. The van der Waals surface area contributed by atoms with Crippen molar-refractivity contribution in [3.05, 3.63) is 11.1 Å². The van der Waals surface area contributed by atoms with Gasteiger partial charge in [-0.1, -0.05) is 26.7 Å². The van der Waals surface area contributed by atoms with Crippen LogP contribution < -0.4 is 5.32 Å². The number of hydrogen-bond donors (Lipinski definition) is 6. The molecule has 5 aliphatic rings. The van der Waals surface area contributed by atoms with Gasteiger partial charge in [-0.3, -0.25) is 14.4 Å². The SMILES string of the molecule is CC(=O)N[C@@H](C1CCCC1)[C@@H](O)C(=O)OC1C[C@@]2(O)[C@@H](OC(C)=O)[C@@H]3[C@]4(O)CO[C@@H]4C[C@H](O)[C@@]3(C)C(=O)[C@H](O)C(=C1C)C2(C)C.[Ac].[Ac]. The number of carbonyl (C=O) groups is 4. The molecule has 1 aliphatic heterocycles. The molecule has 1 amide bonds. The summed E-state index contributed by atoms with van der Waals surface area (Å²) in [6.45, 7) is 8.21. The molecule has 258 valence electrons. The summed E-state index contributed by atoms with van der Waals surface area (Å²) in [6, 6.07) is -0.908. The van der Waals surface area contributed by atoms with Gasteiger partial charge in [0.15, 0.2) is 11.9 Å². The van der Waals surface area contributed by atoms with E-state index in [2.05, 4.69) is 5.32 Å². The second-order valence-electron chi connectivity index (χ2n) is 14.6. The van der Waals surface area contributed by atoms with Gasteiger partial charge in [-0.25, -0.2) is 4.79 Å². The van der Waals surface area contributed by atoms with Gasteiger partial charge >= 0.3 is 11.9 Å². The topological polar surface area (TPSA) is 209 Å². The summed E-state index contributed by atoms with van der Waals surface area (Å²) in [7, 11) is 0. The van der Waals surface area contributed by atoms with Gasteiger partial charge in [0.2, 0.25) is 5.91 Å². The maximum absolute atomic E-state index is 14.3. The quantitative estimate of drug-likeness (QED) is 0.152. The molecule has 4 fully saturated rings. The van der Waals surface area contributed by atoms with Gasteiger partial charge in [0.05, 0.1) is 30.3 Å². The molecule has 6 N–H and O–H groups in total. The molecule has 1 heterocycles. The third kappa shape index (κ3) is 6.66. The number of hydrogen-bond acceptors (Lipinski definition) is 12. The van der Waals surface area contributed by atoms with E-state index in [-0.39, 0.29) is 118 Å².